The van der Waals surface area contributed by atoms with Crippen molar-refractivity contribution in [2.24, 2.45) is 7.05 Å². The lowest BCUT2D eigenvalue weighted by atomic mass is 9.92. The summed E-state index contributed by atoms with van der Waals surface area (Å²) in [7, 11) is 6.03. The van der Waals surface area contributed by atoms with Crippen molar-refractivity contribution in [3.8, 4) is 11.1 Å². The number of hydrogen-bond acceptors (Lipinski definition) is 4. The SMILES string of the molecule is CNC(Cc1ccc(-c2c(C)c(C)c(C)n(C)c2=O)c(C)c1)C(=O)OPP. The van der Waals surface area contributed by atoms with Crippen LogP contribution in [0.3, 0.4) is 0 Å². The van der Waals surface area contributed by atoms with Gasteiger partial charge in [-0.05, 0) is 69.0 Å². The van der Waals surface area contributed by atoms with Crippen LogP contribution in [0.1, 0.15) is 27.9 Å². The van der Waals surface area contributed by atoms with E-state index in [0.717, 1.165) is 39.1 Å². The van der Waals surface area contributed by atoms with Gasteiger partial charge in [-0.1, -0.05) is 27.1 Å². The van der Waals surface area contributed by atoms with E-state index in [9.17, 15) is 9.59 Å². The molecule has 2 rings (SSSR count). The number of rotatable bonds is 6. The minimum atomic E-state index is -0.389. The summed E-state index contributed by atoms with van der Waals surface area (Å²) in [4.78, 5) is 24.9. The minimum absolute atomic E-state index is 0.0181. The van der Waals surface area contributed by atoms with Gasteiger partial charge in [0.15, 0.2) is 0 Å². The van der Waals surface area contributed by atoms with Crippen LogP contribution in [0.25, 0.3) is 11.1 Å². The number of pyridine rings is 1. The molecule has 0 spiro atoms. The van der Waals surface area contributed by atoms with Crippen molar-refractivity contribution in [3.05, 3.63) is 56.5 Å². The topological polar surface area (TPSA) is 60.3 Å². The molecule has 146 valence electrons. The van der Waals surface area contributed by atoms with E-state index < -0.39 is 0 Å². The molecule has 0 aliphatic heterocycles. The molecule has 3 atom stereocenters. The van der Waals surface area contributed by atoms with Crippen molar-refractivity contribution < 1.29 is 9.32 Å². The largest absolute Gasteiger partial charge is 0.443 e. The Hall–Kier alpha value is -1.54. The van der Waals surface area contributed by atoms with Gasteiger partial charge < -0.3 is 14.4 Å². The molecular formula is C20H28N2O3P2. The van der Waals surface area contributed by atoms with Gasteiger partial charge in [0.05, 0.1) is 14.1 Å². The number of carbonyl (C=O) groups is 1. The summed E-state index contributed by atoms with van der Waals surface area (Å²) in [6.07, 6.45) is 0.537. The number of nitrogens with one attached hydrogen (secondary N) is 1. The van der Waals surface area contributed by atoms with Crippen LogP contribution in [0.5, 0.6) is 0 Å². The molecule has 27 heavy (non-hydrogen) atoms. The van der Waals surface area contributed by atoms with Gasteiger partial charge in [0.25, 0.3) is 5.56 Å². The van der Waals surface area contributed by atoms with Crippen LogP contribution in [-0.2, 0) is 22.8 Å². The Morgan fingerprint density at radius 3 is 2.48 bits per heavy atom. The Labute approximate surface area is 164 Å². The number of aromatic nitrogens is 1. The second kappa shape index (κ2) is 9.10. The molecule has 0 fully saturated rings. The quantitative estimate of drug-likeness (QED) is 0.748. The molecule has 0 saturated carbocycles. The Morgan fingerprint density at radius 2 is 1.93 bits per heavy atom. The van der Waals surface area contributed by atoms with Crippen LogP contribution in [-0.4, -0.2) is 23.6 Å². The number of hydrogen-bond donors (Lipinski definition) is 1. The van der Waals surface area contributed by atoms with Gasteiger partial charge in [-0.15, -0.1) is 0 Å². The first-order valence-electron chi connectivity index (χ1n) is 8.83. The van der Waals surface area contributed by atoms with Crippen molar-refractivity contribution in [3.63, 3.8) is 0 Å². The molecule has 0 saturated heterocycles. The number of carbonyl (C=O) groups excluding carboxylic acids is 1. The molecule has 1 aromatic heterocycles. The fourth-order valence-corrected chi connectivity index (χ4v) is 3.92. The third-order valence-electron chi connectivity index (χ3n) is 5.29. The third kappa shape index (κ3) is 4.48. The zero-order chi connectivity index (χ0) is 20.3. The average Bonchev–Trinajstić information content (AvgIpc) is 2.64. The molecule has 1 aromatic carbocycles. The van der Waals surface area contributed by atoms with Gasteiger partial charge in [-0.25, -0.2) is 0 Å². The van der Waals surface area contributed by atoms with Crippen LogP contribution in [0, 0.1) is 27.7 Å². The van der Waals surface area contributed by atoms with Gasteiger partial charge in [-0.3, -0.25) is 9.59 Å². The summed E-state index contributed by atoms with van der Waals surface area (Å²) in [5.41, 5.74) is 6.89. The van der Waals surface area contributed by atoms with E-state index in [1.165, 1.54) is 0 Å². The number of aryl methyl sites for hydroxylation is 1. The summed E-state index contributed by atoms with van der Waals surface area (Å²) in [5.74, 6) is -0.258. The molecule has 0 amide bonds. The average molecular weight is 406 g/mol. The van der Waals surface area contributed by atoms with E-state index >= 15 is 0 Å². The highest BCUT2D eigenvalue weighted by Crippen LogP contribution is 2.28. The van der Waals surface area contributed by atoms with Crippen LogP contribution in [0.2, 0.25) is 0 Å². The first-order valence-corrected chi connectivity index (χ1v) is 11.5. The van der Waals surface area contributed by atoms with Gasteiger partial charge in [0.2, 0.25) is 0 Å². The van der Waals surface area contributed by atoms with Crippen LogP contribution >= 0.6 is 17.4 Å². The molecular weight excluding hydrogens is 378 g/mol. The smallest absolute Gasteiger partial charge is 0.326 e. The molecule has 3 unspecified atom stereocenters. The van der Waals surface area contributed by atoms with Crippen molar-refractivity contribution >= 4 is 23.4 Å². The Kier molecular flexibility index (Phi) is 7.33. The first-order chi connectivity index (χ1) is 12.7. The van der Waals surface area contributed by atoms with Crippen molar-refractivity contribution in [1.29, 1.82) is 0 Å². The van der Waals surface area contributed by atoms with Gasteiger partial charge in [-0.2, -0.15) is 0 Å². The lowest BCUT2D eigenvalue weighted by molar-refractivity contribution is -0.135. The normalized spacial score (nSPS) is 12.6. The molecule has 5 nitrogen and oxygen atoms in total. The predicted octanol–water partition coefficient (Wildman–Crippen LogP) is 3.34. The molecule has 0 bridgehead atoms. The van der Waals surface area contributed by atoms with E-state index in [0.29, 0.717) is 6.42 Å². The standard InChI is InChI=1S/C20H28N2O3P2/c1-11-9-15(10-17(21-5)20(24)25-27-26)7-8-16(11)18-13(3)12(2)14(4)22(6)19(18)23/h7-9,17,21,27H,10,26H2,1-6H3. The molecule has 0 aliphatic carbocycles. The summed E-state index contributed by atoms with van der Waals surface area (Å²) in [5, 5.41) is 3.01. The lowest BCUT2D eigenvalue weighted by Gasteiger charge is -2.18. The van der Waals surface area contributed by atoms with Crippen molar-refractivity contribution in [1.82, 2.24) is 9.88 Å². The van der Waals surface area contributed by atoms with E-state index in [1.807, 2.05) is 52.9 Å². The van der Waals surface area contributed by atoms with Gasteiger partial charge in [0.1, 0.15) is 6.04 Å². The second-order valence-corrected chi connectivity index (χ2v) is 7.96. The number of nitrogens with zero attached hydrogens (tertiary/aromatic N) is 1. The third-order valence-corrected chi connectivity index (χ3v) is 5.97. The van der Waals surface area contributed by atoms with Gasteiger partial charge >= 0.3 is 5.97 Å². The Bertz CT molecular complexity index is 922. The zero-order valence-corrected chi connectivity index (χ0v) is 18.9. The Balaban J connectivity index is 2.44. The molecule has 2 aromatic rings. The molecule has 0 aliphatic rings. The number of benzene rings is 1. The van der Waals surface area contributed by atoms with E-state index in [2.05, 4.69) is 14.2 Å². The van der Waals surface area contributed by atoms with E-state index in [4.69, 9.17) is 4.52 Å². The second-order valence-electron chi connectivity index (χ2n) is 6.81. The maximum absolute atomic E-state index is 12.9. The summed E-state index contributed by atoms with van der Waals surface area (Å²) >= 11 is 0. The zero-order valence-electron chi connectivity index (χ0n) is 16.8. The monoisotopic (exact) mass is 406 g/mol. The minimum Gasteiger partial charge on any atom is -0.443 e. The molecule has 1 heterocycles. The van der Waals surface area contributed by atoms with Crippen molar-refractivity contribution in [2.45, 2.75) is 40.2 Å². The van der Waals surface area contributed by atoms with Crippen LogP contribution < -0.4 is 10.9 Å². The lowest BCUT2D eigenvalue weighted by Crippen LogP contribution is -2.36. The highest BCUT2D eigenvalue weighted by molar-refractivity contribution is 8.00. The van der Waals surface area contributed by atoms with Crippen LogP contribution in [0.4, 0.5) is 0 Å². The summed E-state index contributed by atoms with van der Waals surface area (Å²) in [6.45, 7) is 8.02. The number of likely N-dealkylation sites (N-methyl/N-ethyl adjacent to an activating group) is 1. The van der Waals surface area contributed by atoms with Gasteiger partial charge in [0, 0.05) is 12.7 Å². The summed E-state index contributed by atoms with van der Waals surface area (Å²) in [6, 6.07) is 5.62. The summed E-state index contributed by atoms with van der Waals surface area (Å²) < 4.78 is 6.81. The van der Waals surface area contributed by atoms with E-state index in [1.54, 1.807) is 11.6 Å². The highest BCUT2D eigenvalue weighted by Gasteiger charge is 2.20. The first kappa shape index (κ1) is 21.8. The molecule has 1 N–H and O–H groups in total. The van der Waals surface area contributed by atoms with Crippen LogP contribution in [0.15, 0.2) is 23.0 Å². The Morgan fingerprint density at radius 1 is 1.26 bits per heavy atom. The highest BCUT2D eigenvalue weighted by atomic mass is 32.0. The maximum atomic E-state index is 12.9. The molecule has 7 heteroatoms. The van der Waals surface area contributed by atoms with Crippen molar-refractivity contribution in [2.75, 3.05) is 7.05 Å². The fraction of sp³-hybridized carbons (Fsp3) is 0.400. The van der Waals surface area contributed by atoms with E-state index in [-0.39, 0.29) is 26.1 Å². The molecule has 0 radical (unpaired) electrons. The fourth-order valence-electron chi connectivity index (χ4n) is 3.31. The predicted molar refractivity (Wildman–Crippen MR) is 117 cm³/mol. The maximum Gasteiger partial charge on any atom is 0.326 e.